The minimum absolute atomic E-state index is 0.0694. The minimum atomic E-state index is -0.971. The van der Waals surface area contributed by atoms with Crippen molar-refractivity contribution in [1.29, 1.82) is 0 Å². The van der Waals surface area contributed by atoms with Crippen molar-refractivity contribution < 1.29 is 18.3 Å². The van der Waals surface area contributed by atoms with E-state index in [0.717, 1.165) is 6.07 Å². The van der Waals surface area contributed by atoms with Crippen LogP contribution in [0.3, 0.4) is 0 Å². The molecule has 7 nitrogen and oxygen atoms in total. The molecule has 0 aliphatic heterocycles. The standard InChI is InChI=1S/C25H23F2N5O2/c1-25(2,24(28)33)13-30-23-17-10-15(16-7-4-8-18(26)20(16)27)11-19(34-3)21(17)31-22(32-23)14-6-5-9-29-12-14/h4-12H,13H2,1-3H3,(H2,28,33)(H,30,31,32). The number of nitrogens with zero attached hydrogens (tertiary/aromatic N) is 3. The van der Waals surface area contributed by atoms with E-state index in [2.05, 4.69) is 20.3 Å². The SMILES string of the molecule is COc1cc(-c2cccc(F)c2F)cc2c(NCC(C)(C)C(N)=O)nc(-c3cccnc3)nc12. The number of ether oxygens (including phenoxy) is 1. The van der Waals surface area contributed by atoms with Crippen LogP contribution in [-0.2, 0) is 4.79 Å². The molecule has 9 heteroatoms. The molecule has 0 spiro atoms. The van der Waals surface area contributed by atoms with Crippen LogP contribution in [0.1, 0.15) is 13.8 Å². The molecule has 0 radical (unpaired) electrons. The largest absolute Gasteiger partial charge is 0.494 e. The Bertz CT molecular complexity index is 1380. The Balaban J connectivity index is 1.96. The summed E-state index contributed by atoms with van der Waals surface area (Å²) in [4.78, 5) is 25.3. The number of benzene rings is 2. The third kappa shape index (κ3) is 4.36. The molecule has 2 heterocycles. The van der Waals surface area contributed by atoms with Gasteiger partial charge in [0.05, 0.1) is 12.5 Å². The number of amides is 1. The molecule has 0 saturated carbocycles. The number of carbonyl (C=O) groups is 1. The van der Waals surface area contributed by atoms with Gasteiger partial charge >= 0.3 is 0 Å². The Labute approximate surface area is 195 Å². The van der Waals surface area contributed by atoms with Gasteiger partial charge in [-0.25, -0.2) is 18.7 Å². The number of aromatic nitrogens is 3. The highest BCUT2D eigenvalue weighted by molar-refractivity contribution is 5.98. The summed E-state index contributed by atoms with van der Waals surface area (Å²) in [5.41, 5.74) is 6.23. The Morgan fingerprint density at radius 1 is 1.12 bits per heavy atom. The number of anilines is 1. The first kappa shape index (κ1) is 23.0. The summed E-state index contributed by atoms with van der Waals surface area (Å²) in [7, 11) is 1.47. The molecule has 0 fully saturated rings. The van der Waals surface area contributed by atoms with Gasteiger partial charge in [-0.05, 0) is 49.7 Å². The molecule has 0 saturated heterocycles. The van der Waals surface area contributed by atoms with Crippen molar-refractivity contribution in [3.8, 4) is 28.3 Å². The molecule has 2 aromatic carbocycles. The first-order valence-corrected chi connectivity index (χ1v) is 10.5. The van der Waals surface area contributed by atoms with Gasteiger partial charge in [0.1, 0.15) is 17.1 Å². The second kappa shape index (κ2) is 9.01. The number of fused-ring (bicyclic) bond motifs is 1. The van der Waals surface area contributed by atoms with E-state index in [0.29, 0.717) is 39.4 Å². The fourth-order valence-corrected chi connectivity index (χ4v) is 3.39. The van der Waals surface area contributed by atoms with Crippen molar-refractivity contribution in [3.63, 3.8) is 0 Å². The number of nitrogens with two attached hydrogens (primary N) is 1. The predicted molar refractivity (Wildman–Crippen MR) is 126 cm³/mol. The number of hydrogen-bond donors (Lipinski definition) is 2. The van der Waals surface area contributed by atoms with E-state index in [1.807, 2.05) is 6.07 Å². The van der Waals surface area contributed by atoms with Crippen LogP contribution < -0.4 is 15.8 Å². The molecular weight excluding hydrogens is 440 g/mol. The average Bonchev–Trinajstić information content (AvgIpc) is 2.84. The third-order valence-electron chi connectivity index (χ3n) is 5.53. The molecular formula is C25H23F2N5O2. The maximum atomic E-state index is 14.6. The van der Waals surface area contributed by atoms with Crippen molar-refractivity contribution in [1.82, 2.24) is 15.0 Å². The average molecular weight is 463 g/mol. The Morgan fingerprint density at radius 2 is 1.91 bits per heavy atom. The van der Waals surface area contributed by atoms with Gasteiger partial charge in [0, 0.05) is 35.5 Å². The van der Waals surface area contributed by atoms with E-state index in [4.69, 9.17) is 10.5 Å². The number of rotatable bonds is 7. The van der Waals surface area contributed by atoms with Crippen molar-refractivity contribution in [2.45, 2.75) is 13.8 Å². The molecule has 0 atom stereocenters. The predicted octanol–water partition coefficient (Wildman–Crippen LogP) is 4.57. The van der Waals surface area contributed by atoms with Crippen LogP contribution in [0.5, 0.6) is 5.75 Å². The van der Waals surface area contributed by atoms with Gasteiger partial charge in [0.25, 0.3) is 0 Å². The Morgan fingerprint density at radius 3 is 2.59 bits per heavy atom. The number of halogens is 2. The van der Waals surface area contributed by atoms with Gasteiger partial charge < -0.3 is 15.8 Å². The molecule has 3 N–H and O–H groups in total. The summed E-state index contributed by atoms with van der Waals surface area (Å²) in [6, 6.07) is 10.8. The van der Waals surface area contributed by atoms with Crippen molar-refractivity contribution in [3.05, 3.63) is 66.5 Å². The zero-order valence-electron chi connectivity index (χ0n) is 18.9. The van der Waals surface area contributed by atoms with E-state index < -0.39 is 23.0 Å². The number of carbonyl (C=O) groups excluding carboxylic acids is 1. The Hall–Kier alpha value is -4.14. The fourth-order valence-electron chi connectivity index (χ4n) is 3.39. The number of pyridine rings is 1. The van der Waals surface area contributed by atoms with Crippen molar-refractivity contribution >= 4 is 22.6 Å². The van der Waals surface area contributed by atoms with Gasteiger partial charge in [-0.3, -0.25) is 9.78 Å². The summed E-state index contributed by atoms with van der Waals surface area (Å²) in [5, 5.41) is 3.69. The van der Waals surface area contributed by atoms with E-state index in [-0.39, 0.29) is 12.1 Å². The van der Waals surface area contributed by atoms with Crippen LogP contribution in [0.2, 0.25) is 0 Å². The summed E-state index contributed by atoms with van der Waals surface area (Å²) in [6.45, 7) is 3.60. The van der Waals surface area contributed by atoms with Crippen molar-refractivity contribution in [2.75, 3.05) is 19.0 Å². The molecule has 174 valence electrons. The lowest BCUT2D eigenvalue weighted by molar-refractivity contribution is -0.125. The zero-order chi connectivity index (χ0) is 24.5. The fraction of sp³-hybridized carbons (Fsp3) is 0.200. The van der Waals surface area contributed by atoms with E-state index in [1.54, 1.807) is 44.4 Å². The molecule has 0 aliphatic carbocycles. The van der Waals surface area contributed by atoms with E-state index >= 15 is 0 Å². The van der Waals surface area contributed by atoms with Gasteiger partial charge in [-0.1, -0.05) is 12.1 Å². The lowest BCUT2D eigenvalue weighted by Crippen LogP contribution is -2.37. The van der Waals surface area contributed by atoms with Gasteiger partial charge in [0.2, 0.25) is 5.91 Å². The molecule has 4 rings (SSSR count). The number of methoxy groups -OCH3 is 1. The molecule has 0 unspecified atom stereocenters. The first-order valence-electron chi connectivity index (χ1n) is 10.5. The quantitative estimate of drug-likeness (QED) is 0.416. The second-order valence-electron chi connectivity index (χ2n) is 8.42. The maximum Gasteiger partial charge on any atom is 0.224 e. The van der Waals surface area contributed by atoms with Gasteiger partial charge in [-0.2, -0.15) is 0 Å². The minimum Gasteiger partial charge on any atom is -0.494 e. The molecule has 0 aliphatic rings. The number of hydrogen-bond acceptors (Lipinski definition) is 6. The molecule has 0 bridgehead atoms. The van der Waals surface area contributed by atoms with Crippen LogP contribution in [-0.4, -0.2) is 34.5 Å². The van der Waals surface area contributed by atoms with Gasteiger partial charge in [-0.15, -0.1) is 0 Å². The molecule has 1 amide bonds. The summed E-state index contributed by atoms with van der Waals surface area (Å²) < 4.78 is 34.1. The van der Waals surface area contributed by atoms with Crippen LogP contribution >= 0.6 is 0 Å². The van der Waals surface area contributed by atoms with Gasteiger partial charge in [0.15, 0.2) is 17.5 Å². The summed E-state index contributed by atoms with van der Waals surface area (Å²) >= 11 is 0. The molecule has 2 aromatic heterocycles. The lowest BCUT2D eigenvalue weighted by Gasteiger charge is -2.22. The second-order valence-corrected chi connectivity index (χ2v) is 8.42. The summed E-state index contributed by atoms with van der Waals surface area (Å²) in [6.07, 6.45) is 3.26. The van der Waals surface area contributed by atoms with Crippen LogP contribution in [0.25, 0.3) is 33.4 Å². The third-order valence-corrected chi connectivity index (χ3v) is 5.53. The number of primary amides is 1. The van der Waals surface area contributed by atoms with E-state index in [9.17, 15) is 13.6 Å². The monoisotopic (exact) mass is 463 g/mol. The molecule has 4 aromatic rings. The number of nitrogens with one attached hydrogen (secondary N) is 1. The van der Waals surface area contributed by atoms with Crippen LogP contribution in [0.4, 0.5) is 14.6 Å². The highest BCUT2D eigenvalue weighted by atomic mass is 19.2. The normalized spacial score (nSPS) is 11.4. The lowest BCUT2D eigenvalue weighted by atomic mass is 9.92. The smallest absolute Gasteiger partial charge is 0.224 e. The topological polar surface area (TPSA) is 103 Å². The van der Waals surface area contributed by atoms with Crippen molar-refractivity contribution in [2.24, 2.45) is 11.1 Å². The van der Waals surface area contributed by atoms with Crippen LogP contribution in [0.15, 0.2) is 54.9 Å². The van der Waals surface area contributed by atoms with E-state index in [1.165, 1.54) is 19.2 Å². The molecule has 34 heavy (non-hydrogen) atoms. The summed E-state index contributed by atoms with van der Waals surface area (Å²) in [5.74, 6) is -1.30. The first-order chi connectivity index (χ1) is 16.2. The maximum absolute atomic E-state index is 14.6. The Kier molecular flexibility index (Phi) is 6.10. The highest BCUT2D eigenvalue weighted by Gasteiger charge is 2.26. The van der Waals surface area contributed by atoms with Crippen LogP contribution in [0, 0.1) is 17.0 Å². The highest BCUT2D eigenvalue weighted by Crippen LogP contribution is 2.37. The zero-order valence-corrected chi connectivity index (χ0v) is 18.9.